The van der Waals surface area contributed by atoms with Crippen molar-refractivity contribution in [3.05, 3.63) is 22.8 Å². The molecule has 15 heavy (non-hydrogen) atoms. The molecule has 2 N–H and O–H groups in total. The average Bonchev–Trinajstić information content (AvgIpc) is 2.69. The van der Waals surface area contributed by atoms with E-state index < -0.39 is 0 Å². The van der Waals surface area contributed by atoms with Crippen LogP contribution in [0.1, 0.15) is 0 Å². The zero-order valence-electron chi connectivity index (χ0n) is 8.53. The second kappa shape index (κ2) is 4.92. The predicted molar refractivity (Wildman–Crippen MR) is 63.0 cm³/mol. The van der Waals surface area contributed by atoms with Crippen LogP contribution in [0.25, 0.3) is 0 Å². The van der Waals surface area contributed by atoms with E-state index >= 15 is 0 Å². The van der Waals surface area contributed by atoms with Gasteiger partial charge in [-0.2, -0.15) is 0 Å². The Morgan fingerprint density at radius 1 is 1.53 bits per heavy atom. The summed E-state index contributed by atoms with van der Waals surface area (Å²) >= 11 is 3.36. The molecule has 0 radical (unpaired) electrons. The van der Waals surface area contributed by atoms with Crippen LogP contribution >= 0.6 is 15.9 Å². The van der Waals surface area contributed by atoms with Crippen LogP contribution in [0.4, 0.5) is 5.82 Å². The average molecular weight is 272 g/mol. The van der Waals surface area contributed by atoms with Crippen LogP contribution in [0, 0.1) is 0 Å². The highest BCUT2D eigenvalue weighted by molar-refractivity contribution is 9.10. The molecule has 1 aromatic heterocycles. The van der Waals surface area contributed by atoms with Gasteiger partial charge in [0.2, 0.25) is 0 Å². The van der Waals surface area contributed by atoms with Gasteiger partial charge in [0.05, 0.1) is 12.1 Å². The normalized spacial score (nSPS) is 25.5. The maximum atomic E-state index is 5.36. The van der Waals surface area contributed by atoms with Crippen molar-refractivity contribution in [3.63, 3.8) is 0 Å². The fourth-order valence-corrected chi connectivity index (χ4v) is 1.93. The van der Waals surface area contributed by atoms with Crippen LogP contribution < -0.4 is 10.6 Å². The zero-order chi connectivity index (χ0) is 10.7. The van der Waals surface area contributed by atoms with Gasteiger partial charge in [-0.25, -0.2) is 4.98 Å². The molecule has 0 saturated carbocycles. The fourth-order valence-electron chi connectivity index (χ4n) is 1.70. The highest BCUT2D eigenvalue weighted by Gasteiger charge is 2.26. The first-order valence-corrected chi connectivity index (χ1v) is 5.70. The molecule has 1 saturated heterocycles. The molecule has 1 aromatic rings. The van der Waals surface area contributed by atoms with Crippen LogP contribution in [-0.2, 0) is 4.74 Å². The van der Waals surface area contributed by atoms with Gasteiger partial charge >= 0.3 is 0 Å². The molecule has 0 spiro atoms. The number of nitrogens with one attached hydrogen (secondary N) is 2. The summed E-state index contributed by atoms with van der Waals surface area (Å²) in [7, 11) is 1.74. The quantitative estimate of drug-likeness (QED) is 0.869. The van der Waals surface area contributed by atoms with Crippen LogP contribution in [0.3, 0.4) is 0 Å². The Labute approximate surface area is 97.6 Å². The van der Waals surface area contributed by atoms with Gasteiger partial charge in [-0.1, -0.05) is 0 Å². The van der Waals surface area contributed by atoms with Gasteiger partial charge in [0, 0.05) is 30.9 Å². The smallest absolute Gasteiger partial charge is 0.126 e. The van der Waals surface area contributed by atoms with E-state index in [1.165, 1.54) is 0 Å². The van der Waals surface area contributed by atoms with E-state index in [2.05, 4.69) is 31.5 Å². The molecular formula is C10H14BrN3O. The van der Waals surface area contributed by atoms with Gasteiger partial charge in [0.1, 0.15) is 5.82 Å². The first-order chi connectivity index (χ1) is 7.29. The van der Waals surface area contributed by atoms with Crippen molar-refractivity contribution in [2.24, 2.45) is 0 Å². The minimum absolute atomic E-state index is 0.218. The topological polar surface area (TPSA) is 46.2 Å². The van der Waals surface area contributed by atoms with Crippen LogP contribution in [0.15, 0.2) is 22.8 Å². The number of anilines is 1. The first-order valence-electron chi connectivity index (χ1n) is 4.91. The van der Waals surface area contributed by atoms with E-state index in [1.54, 1.807) is 13.3 Å². The van der Waals surface area contributed by atoms with Gasteiger partial charge < -0.3 is 15.4 Å². The summed E-state index contributed by atoms with van der Waals surface area (Å²) in [6, 6.07) is 4.22. The SMILES string of the molecule is CO[C@H]1CNCC1Nc1ccc(Br)cn1. The number of methoxy groups -OCH3 is 1. The van der Waals surface area contributed by atoms with Gasteiger partial charge in [0.25, 0.3) is 0 Å². The molecule has 0 aliphatic carbocycles. The van der Waals surface area contributed by atoms with E-state index in [0.717, 1.165) is 23.4 Å². The molecule has 2 rings (SSSR count). The number of halogens is 1. The minimum atomic E-state index is 0.218. The number of pyridine rings is 1. The molecule has 5 heteroatoms. The Bertz CT molecular complexity index is 317. The molecule has 0 aromatic carbocycles. The third-order valence-corrected chi connectivity index (χ3v) is 2.99. The van der Waals surface area contributed by atoms with Gasteiger partial charge in [-0.15, -0.1) is 0 Å². The maximum Gasteiger partial charge on any atom is 0.126 e. The summed E-state index contributed by atoms with van der Waals surface area (Å²) in [5.74, 6) is 0.883. The van der Waals surface area contributed by atoms with Crippen molar-refractivity contribution in [1.29, 1.82) is 0 Å². The highest BCUT2D eigenvalue weighted by atomic mass is 79.9. The fraction of sp³-hybridized carbons (Fsp3) is 0.500. The zero-order valence-corrected chi connectivity index (χ0v) is 10.1. The lowest BCUT2D eigenvalue weighted by molar-refractivity contribution is 0.111. The standard InChI is InChI=1S/C10H14BrN3O/c1-15-9-6-12-5-8(9)14-10-3-2-7(11)4-13-10/h2-4,8-9,12H,5-6H2,1H3,(H,13,14)/t8?,9-/m0/s1. The molecule has 0 bridgehead atoms. The number of aromatic nitrogens is 1. The lowest BCUT2D eigenvalue weighted by Crippen LogP contribution is -2.33. The number of hydrogen-bond donors (Lipinski definition) is 2. The van der Waals surface area contributed by atoms with Crippen LogP contribution in [0.2, 0.25) is 0 Å². The van der Waals surface area contributed by atoms with Crippen molar-refractivity contribution in [2.75, 3.05) is 25.5 Å². The summed E-state index contributed by atoms with van der Waals surface area (Å²) in [5, 5.41) is 6.63. The van der Waals surface area contributed by atoms with E-state index in [1.807, 2.05) is 12.1 Å². The third-order valence-electron chi connectivity index (χ3n) is 2.52. The Hall–Kier alpha value is -0.650. The number of rotatable bonds is 3. The molecule has 1 aliphatic heterocycles. The molecule has 2 atom stereocenters. The monoisotopic (exact) mass is 271 g/mol. The molecule has 2 heterocycles. The summed E-state index contributed by atoms with van der Waals surface area (Å²) < 4.78 is 6.34. The van der Waals surface area contributed by atoms with E-state index in [9.17, 15) is 0 Å². The van der Waals surface area contributed by atoms with E-state index in [0.29, 0.717) is 6.04 Å². The van der Waals surface area contributed by atoms with E-state index in [-0.39, 0.29) is 6.10 Å². The number of hydrogen-bond acceptors (Lipinski definition) is 4. The molecule has 4 nitrogen and oxygen atoms in total. The summed E-state index contributed by atoms with van der Waals surface area (Å²) in [4.78, 5) is 4.27. The highest BCUT2D eigenvalue weighted by Crippen LogP contribution is 2.14. The van der Waals surface area contributed by atoms with Crippen molar-refractivity contribution >= 4 is 21.7 Å². The van der Waals surface area contributed by atoms with E-state index in [4.69, 9.17) is 4.74 Å². The van der Waals surface area contributed by atoms with Crippen molar-refractivity contribution in [3.8, 4) is 0 Å². The largest absolute Gasteiger partial charge is 0.378 e. The molecule has 1 aliphatic rings. The van der Waals surface area contributed by atoms with Gasteiger partial charge in [-0.05, 0) is 28.1 Å². The predicted octanol–water partition coefficient (Wildman–Crippen LogP) is 1.24. The Morgan fingerprint density at radius 3 is 3.07 bits per heavy atom. The lowest BCUT2D eigenvalue weighted by atomic mass is 10.2. The molecule has 1 unspecified atom stereocenters. The Kier molecular flexibility index (Phi) is 3.56. The maximum absolute atomic E-state index is 5.36. The number of ether oxygens (including phenoxy) is 1. The third kappa shape index (κ3) is 2.68. The van der Waals surface area contributed by atoms with Gasteiger partial charge in [-0.3, -0.25) is 0 Å². The van der Waals surface area contributed by atoms with Crippen molar-refractivity contribution in [2.45, 2.75) is 12.1 Å². The first kappa shape index (κ1) is 10.9. The minimum Gasteiger partial charge on any atom is -0.378 e. The summed E-state index contributed by atoms with van der Waals surface area (Å²) in [5.41, 5.74) is 0. The van der Waals surface area contributed by atoms with Crippen LogP contribution in [0.5, 0.6) is 0 Å². The van der Waals surface area contributed by atoms with Crippen molar-refractivity contribution in [1.82, 2.24) is 10.3 Å². The Balaban J connectivity index is 1.99. The second-order valence-electron chi connectivity index (χ2n) is 3.54. The lowest BCUT2D eigenvalue weighted by Gasteiger charge is -2.18. The summed E-state index contributed by atoms with van der Waals surface area (Å²) in [6.07, 6.45) is 2.00. The Morgan fingerprint density at radius 2 is 2.40 bits per heavy atom. The molecular weight excluding hydrogens is 258 g/mol. The summed E-state index contributed by atoms with van der Waals surface area (Å²) in [6.45, 7) is 1.81. The van der Waals surface area contributed by atoms with Crippen molar-refractivity contribution < 1.29 is 4.74 Å². The van der Waals surface area contributed by atoms with Gasteiger partial charge in [0.15, 0.2) is 0 Å². The molecule has 82 valence electrons. The van der Waals surface area contributed by atoms with Crippen LogP contribution in [-0.4, -0.2) is 37.3 Å². The second-order valence-corrected chi connectivity index (χ2v) is 4.46. The molecule has 1 fully saturated rings. The number of nitrogens with zero attached hydrogens (tertiary/aromatic N) is 1. The molecule has 0 amide bonds.